The van der Waals surface area contributed by atoms with E-state index < -0.39 is 0 Å². The molecule has 2 N–H and O–H groups in total. The van der Waals surface area contributed by atoms with Crippen molar-refractivity contribution in [3.63, 3.8) is 0 Å². The van der Waals surface area contributed by atoms with E-state index in [0.29, 0.717) is 82.2 Å². The van der Waals surface area contributed by atoms with Crippen LogP contribution >= 0.6 is 0 Å². The van der Waals surface area contributed by atoms with Gasteiger partial charge >= 0.3 is 0 Å². The van der Waals surface area contributed by atoms with Crippen LogP contribution in [0.5, 0.6) is 23.0 Å². The molecule has 8 aromatic rings. The van der Waals surface area contributed by atoms with E-state index in [4.69, 9.17) is 29.4 Å². The fourth-order valence-corrected chi connectivity index (χ4v) is 8.94. The van der Waals surface area contributed by atoms with Crippen LogP contribution in [0.1, 0.15) is 92.4 Å². The van der Waals surface area contributed by atoms with Crippen molar-refractivity contribution < 1.29 is 29.3 Å². The van der Waals surface area contributed by atoms with E-state index in [0.717, 1.165) is 57.1 Å². The minimum absolute atomic E-state index is 0.0813. The molecule has 1 aliphatic rings. The Hall–Kier alpha value is -9.02. The van der Waals surface area contributed by atoms with Gasteiger partial charge in [0.2, 0.25) is 0 Å². The van der Waals surface area contributed by atoms with Crippen molar-refractivity contribution in [2.75, 3.05) is 13.2 Å². The van der Waals surface area contributed by atoms with Crippen LogP contribution in [0.2, 0.25) is 0 Å². The second-order valence-electron chi connectivity index (χ2n) is 18.1. The Kier molecular flexibility index (Phi) is 16.8. The number of carbonyl (C=O) groups is 2. The van der Waals surface area contributed by atoms with Gasteiger partial charge in [-0.2, -0.15) is 0 Å². The summed E-state index contributed by atoms with van der Waals surface area (Å²) in [6.07, 6.45) is 11.5. The normalized spacial score (nSPS) is 12.4. The Bertz CT molecular complexity index is 3020. The van der Waals surface area contributed by atoms with E-state index in [1.165, 1.54) is 0 Å². The Morgan fingerprint density at radius 2 is 0.608 bits per heavy atom. The summed E-state index contributed by atoms with van der Waals surface area (Å²) < 4.78 is 13.4. The number of rotatable bonds is 18. The maximum Gasteiger partial charge on any atom is 0.126 e. The highest BCUT2D eigenvalue weighted by atomic mass is 16.5. The summed E-state index contributed by atoms with van der Waals surface area (Å²) >= 11 is 0. The number of ether oxygens (including phenoxy) is 2. The van der Waals surface area contributed by atoms with Crippen LogP contribution in [0.15, 0.2) is 190 Å². The number of aliphatic imine (C=N–C) groups is 4. The fraction of sp³-hybridized carbons (Fsp3) is 0.156. The van der Waals surface area contributed by atoms with Gasteiger partial charge < -0.3 is 29.3 Å². The second-order valence-corrected chi connectivity index (χ2v) is 18.1. The van der Waals surface area contributed by atoms with Gasteiger partial charge in [0, 0.05) is 108 Å². The molecule has 0 amide bonds. The lowest BCUT2D eigenvalue weighted by molar-refractivity contribution is -0.108. The zero-order chi connectivity index (χ0) is 50.9. The molecule has 0 radical (unpaired) electrons. The molecule has 0 heterocycles. The Balaban J connectivity index is 1.30. The first-order valence-corrected chi connectivity index (χ1v) is 24.9. The topological polar surface area (TPSA) is 142 Å². The Labute approximate surface area is 431 Å². The molecule has 10 heteroatoms. The number of aldehydes is 2. The van der Waals surface area contributed by atoms with Crippen LogP contribution in [0.25, 0.3) is 0 Å². The molecule has 1 aliphatic carbocycles. The molecule has 9 rings (SSSR count). The van der Waals surface area contributed by atoms with Crippen LogP contribution in [0.3, 0.4) is 0 Å². The van der Waals surface area contributed by atoms with E-state index in [2.05, 4.69) is 0 Å². The number of phenols is 2. The third-order valence-corrected chi connectivity index (χ3v) is 12.6. The van der Waals surface area contributed by atoms with Crippen LogP contribution in [0.4, 0.5) is 22.7 Å². The van der Waals surface area contributed by atoms with Gasteiger partial charge in [0.1, 0.15) is 35.6 Å². The van der Waals surface area contributed by atoms with Crippen molar-refractivity contribution in [3.05, 3.63) is 237 Å². The predicted octanol–water partition coefficient (Wildman–Crippen LogP) is 13.5. The summed E-state index contributed by atoms with van der Waals surface area (Å²) in [5.74, 6) is 1.30. The smallest absolute Gasteiger partial charge is 0.126 e. The van der Waals surface area contributed by atoms with E-state index in [-0.39, 0.29) is 50.4 Å². The number of benzene rings is 8. The second kappa shape index (κ2) is 24.9. The summed E-state index contributed by atoms with van der Waals surface area (Å²) in [4.78, 5) is 43.0. The lowest BCUT2D eigenvalue weighted by atomic mass is 9.90. The molecule has 8 bridgehead atoms. The number of nitrogens with zero attached hydrogens (tertiary/aromatic N) is 4. The molecular formula is C64H56N4O6. The number of carbonyl (C=O) groups excluding carboxylic acids is 2. The third-order valence-electron chi connectivity index (χ3n) is 12.6. The first-order chi connectivity index (χ1) is 36.4. The van der Waals surface area contributed by atoms with Gasteiger partial charge in [0.25, 0.3) is 0 Å². The third kappa shape index (κ3) is 13.3. The maximum atomic E-state index is 12.6. The number of phenolic OH excluding ortho intramolecular Hbond substituents is 2. The molecule has 0 aliphatic heterocycles. The van der Waals surface area contributed by atoms with Gasteiger partial charge in [-0.15, -0.1) is 0 Å². The summed E-state index contributed by atoms with van der Waals surface area (Å²) in [5.41, 5.74) is 11.5. The first kappa shape index (κ1) is 49.9. The lowest BCUT2D eigenvalue weighted by Crippen LogP contribution is -2.08. The molecule has 0 spiro atoms. The molecule has 0 saturated heterocycles. The maximum absolute atomic E-state index is 12.6. The predicted molar refractivity (Wildman–Crippen MR) is 297 cm³/mol. The van der Waals surface area contributed by atoms with Crippen LogP contribution in [0, 0.1) is 0 Å². The number of hydrogen-bond donors (Lipinski definition) is 2. The van der Waals surface area contributed by atoms with Gasteiger partial charge in [0.05, 0.1) is 36.0 Å². The van der Waals surface area contributed by atoms with Crippen molar-refractivity contribution in [1.29, 1.82) is 0 Å². The number of hydrogen-bond acceptors (Lipinski definition) is 10. The average molecular weight is 977 g/mol. The average Bonchev–Trinajstić information content (AvgIpc) is 3.43. The highest BCUT2D eigenvalue weighted by Gasteiger charge is 2.23. The van der Waals surface area contributed by atoms with Crippen LogP contribution in [-0.2, 0) is 35.3 Å². The largest absolute Gasteiger partial charge is 0.507 e. The van der Waals surface area contributed by atoms with Crippen molar-refractivity contribution in [3.8, 4) is 23.0 Å². The minimum atomic E-state index is 0.0813. The summed E-state index contributed by atoms with van der Waals surface area (Å²) in [7, 11) is 0. The molecule has 0 aromatic heterocycles. The van der Waals surface area contributed by atoms with Crippen molar-refractivity contribution >= 4 is 60.2 Å². The van der Waals surface area contributed by atoms with Gasteiger partial charge in [0.15, 0.2) is 0 Å². The molecule has 0 atom stereocenters. The fourth-order valence-electron chi connectivity index (χ4n) is 8.94. The van der Waals surface area contributed by atoms with E-state index in [1.54, 1.807) is 0 Å². The highest BCUT2D eigenvalue weighted by molar-refractivity contribution is 5.85. The van der Waals surface area contributed by atoms with Crippen LogP contribution in [-0.4, -0.2) is 60.9 Å². The van der Waals surface area contributed by atoms with Crippen LogP contribution < -0.4 is 9.47 Å². The van der Waals surface area contributed by atoms with Gasteiger partial charge in [-0.1, -0.05) is 121 Å². The molecule has 0 unspecified atom stereocenters. The van der Waals surface area contributed by atoms with E-state index in [9.17, 15) is 19.8 Å². The summed E-state index contributed by atoms with van der Waals surface area (Å²) in [6.45, 7) is 0.504. The van der Waals surface area contributed by atoms with Gasteiger partial charge in [-0.25, -0.2) is 0 Å². The lowest BCUT2D eigenvalue weighted by Gasteiger charge is -2.22. The van der Waals surface area contributed by atoms with E-state index >= 15 is 0 Å². The molecule has 10 nitrogen and oxygen atoms in total. The van der Waals surface area contributed by atoms with Gasteiger partial charge in [-0.05, 0) is 83.6 Å². The molecular weight excluding hydrogens is 921 g/mol. The Morgan fingerprint density at radius 3 is 0.851 bits per heavy atom. The highest BCUT2D eigenvalue weighted by Crippen LogP contribution is 2.43. The van der Waals surface area contributed by atoms with Crippen molar-refractivity contribution in [2.24, 2.45) is 20.0 Å². The Morgan fingerprint density at radius 1 is 0.365 bits per heavy atom. The SMILES string of the molecule is O=CCCCOc1c2cc(N=Cc3ccccc3)cc1Cc1cc(N=Cc3ccccc3)cc(c1O)Cc1cc(N=Cc3ccccc3)cc(c1OCCCC=O)Cc1cc(N=Cc3ccccc3)cc(c1O)C2. The molecule has 0 fully saturated rings. The standard InChI is InChI=1S/C64H56N4O6/c69-25-13-15-27-73-63-53-29-49-33-57(65-41-45-17-5-1-6-18-45)34-50(61(49)71)30-54-38-60(68-44-48-23-11-4-12-24-48)40-56(64(54)74-28-16-14-26-70)32-52-36-58(66-42-46-19-7-2-8-20-46)35-51(62(52)72)31-55(63)39-59(37-53)67-43-47-21-9-3-10-22-47/h1-12,17-26,33-44,71-72H,13-16,27-32H2. The monoisotopic (exact) mass is 976 g/mol. The minimum Gasteiger partial charge on any atom is -0.507 e. The quantitative estimate of drug-likeness (QED) is 0.0498. The van der Waals surface area contributed by atoms with Gasteiger partial charge in [-0.3, -0.25) is 20.0 Å². The number of unbranched alkanes of at least 4 members (excludes halogenated alkanes) is 2. The number of aromatic hydroxyl groups is 2. The molecule has 0 saturated carbocycles. The zero-order valence-electron chi connectivity index (χ0n) is 41.0. The zero-order valence-corrected chi connectivity index (χ0v) is 41.0. The number of fused-ring (bicyclic) bond motifs is 8. The van der Waals surface area contributed by atoms with E-state index in [1.807, 2.05) is 195 Å². The molecule has 74 heavy (non-hydrogen) atoms. The van der Waals surface area contributed by atoms with Crippen molar-refractivity contribution in [2.45, 2.75) is 51.4 Å². The summed E-state index contributed by atoms with van der Waals surface area (Å²) in [6, 6.07) is 54.8. The molecule has 368 valence electrons. The van der Waals surface area contributed by atoms with Crippen molar-refractivity contribution in [1.82, 2.24) is 0 Å². The summed E-state index contributed by atoms with van der Waals surface area (Å²) in [5, 5.41) is 25.3. The molecule has 8 aromatic carbocycles. The first-order valence-electron chi connectivity index (χ1n) is 24.9.